The molecule has 2 aromatic carbocycles. The summed E-state index contributed by atoms with van der Waals surface area (Å²) < 4.78 is 5.73. The predicted molar refractivity (Wildman–Crippen MR) is 93.2 cm³/mol. The van der Waals surface area contributed by atoms with E-state index in [4.69, 9.17) is 4.74 Å². The van der Waals surface area contributed by atoms with Crippen LogP contribution in [0.5, 0.6) is 0 Å². The molecule has 0 saturated carbocycles. The molecule has 0 fully saturated rings. The van der Waals surface area contributed by atoms with Gasteiger partial charge >= 0.3 is 5.97 Å². The summed E-state index contributed by atoms with van der Waals surface area (Å²) in [5, 5.41) is 12.0. The first-order valence-corrected chi connectivity index (χ1v) is 8.39. The average molecular weight is 339 g/mol. The van der Waals surface area contributed by atoms with Crippen LogP contribution in [0.4, 0.5) is 0 Å². The van der Waals surface area contributed by atoms with Crippen molar-refractivity contribution in [1.29, 1.82) is 0 Å². The molecule has 2 atom stereocenters. The number of rotatable bonds is 6. The van der Waals surface area contributed by atoms with E-state index in [9.17, 15) is 14.7 Å². The molecule has 0 aromatic heterocycles. The molecule has 3 rings (SSSR count). The Bertz CT molecular complexity index is 744. The van der Waals surface area contributed by atoms with Gasteiger partial charge in [-0.3, -0.25) is 4.79 Å². The molecule has 2 unspecified atom stereocenters. The lowest BCUT2D eigenvalue weighted by molar-refractivity contribution is -0.142. The smallest absolute Gasteiger partial charge is 0.326 e. The fourth-order valence-electron chi connectivity index (χ4n) is 3.12. The maximum Gasteiger partial charge on any atom is 0.326 e. The summed E-state index contributed by atoms with van der Waals surface area (Å²) in [6.07, 6.45) is 0.885. The molecule has 5 nitrogen and oxygen atoms in total. The Hall–Kier alpha value is -2.66. The summed E-state index contributed by atoms with van der Waals surface area (Å²) in [5.41, 5.74) is 3.07. The van der Waals surface area contributed by atoms with Crippen LogP contribution in [-0.2, 0) is 27.2 Å². The monoisotopic (exact) mass is 339 g/mol. The Morgan fingerprint density at radius 2 is 1.84 bits per heavy atom. The van der Waals surface area contributed by atoms with Crippen molar-refractivity contribution < 1.29 is 19.4 Å². The van der Waals surface area contributed by atoms with Gasteiger partial charge in [-0.25, -0.2) is 4.79 Å². The van der Waals surface area contributed by atoms with E-state index >= 15 is 0 Å². The molecule has 130 valence electrons. The minimum atomic E-state index is -1.04. The molecule has 1 aliphatic heterocycles. The van der Waals surface area contributed by atoms with E-state index in [1.807, 2.05) is 54.6 Å². The molecule has 2 N–H and O–H groups in total. The number of carboxylic acids is 1. The number of hydrogen-bond donors (Lipinski definition) is 2. The molecule has 25 heavy (non-hydrogen) atoms. The van der Waals surface area contributed by atoms with Gasteiger partial charge in [0.25, 0.3) is 0 Å². The van der Waals surface area contributed by atoms with Crippen LogP contribution in [0.25, 0.3) is 0 Å². The van der Waals surface area contributed by atoms with E-state index in [0.717, 1.165) is 17.5 Å². The highest BCUT2D eigenvalue weighted by Crippen LogP contribution is 2.29. The number of carbonyl (C=O) groups is 2. The Morgan fingerprint density at radius 3 is 2.60 bits per heavy atom. The van der Waals surface area contributed by atoms with Crippen LogP contribution in [0, 0.1) is 0 Å². The number of benzene rings is 2. The second-order valence-electron chi connectivity index (χ2n) is 6.16. The number of ether oxygens (including phenoxy) is 1. The van der Waals surface area contributed by atoms with Gasteiger partial charge in [-0.1, -0.05) is 54.6 Å². The van der Waals surface area contributed by atoms with Gasteiger partial charge in [-0.15, -0.1) is 0 Å². The molecular formula is C20H21NO4. The van der Waals surface area contributed by atoms with Crippen LogP contribution in [0.15, 0.2) is 54.6 Å². The third-order valence-electron chi connectivity index (χ3n) is 4.38. The van der Waals surface area contributed by atoms with Crippen molar-refractivity contribution >= 4 is 11.9 Å². The molecule has 0 saturated heterocycles. The van der Waals surface area contributed by atoms with Gasteiger partial charge in [0.2, 0.25) is 5.91 Å². The van der Waals surface area contributed by atoms with Crippen molar-refractivity contribution in [2.75, 3.05) is 6.61 Å². The van der Waals surface area contributed by atoms with E-state index in [-0.39, 0.29) is 24.9 Å². The maximum absolute atomic E-state index is 12.4. The zero-order chi connectivity index (χ0) is 17.6. The first-order chi connectivity index (χ1) is 12.1. The standard InChI is InChI=1S/C20H21NO4/c22-19(13-18-16-9-5-4-8-15(16)10-11-25-18)21-17(20(23)24)12-14-6-2-1-3-7-14/h1-9,17-18H,10-13H2,(H,21,22)(H,23,24). The minimum Gasteiger partial charge on any atom is -0.480 e. The van der Waals surface area contributed by atoms with Crippen LogP contribution in [0.2, 0.25) is 0 Å². The van der Waals surface area contributed by atoms with Gasteiger partial charge in [0.15, 0.2) is 0 Å². The highest BCUT2D eigenvalue weighted by Gasteiger charge is 2.26. The van der Waals surface area contributed by atoms with Crippen molar-refractivity contribution in [1.82, 2.24) is 5.32 Å². The van der Waals surface area contributed by atoms with Gasteiger partial charge in [-0.05, 0) is 23.1 Å². The van der Waals surface area contributed by atoms with E-state index in [1.54, 1.807) is 0 Å². The van der Waals surface area contributed by atoms with E-state index < -0.39 is 12.0 Å². The lowest BCUT2D eigenvalue weighted by Crippen LogP contribution is -2.43. The number of fused-ring (bicyclic) bond motifs is 1. The molecule has 0 bridgehead atoms. The molecule has 1 heterocycles. The van der Waals surface area contributed by atoms with Crippen LogP contribution >= 0.6 is 0 Å². The number of aliphatic carboxylic acids is 1. The Kier molecular flexibility index (Phi) is 5.46. The number of carbonyl (C=O) groups excluding carboxylic acids is 1. The van der Waals surface area contributed by atoms with E-state index in [0.29, 0.717) is 6.61 Å². The predicted octanol–water partition coefficient (Wildman–Crippen LogP) is 2.50. The SMILES string of the molecule is O=C(CC1OCCc2ccccc21)NC(Cc1ccccc1)C(=O)O. The van der Waals surface area contributed by atoms with Crippen LogP contribution in [0.3, 0.4) is 0 Å². The summed E-state index contributed by atoms with van der Waals surface area (Å²) in [6.45, 7) is 0.571. The van der Waals surface area contributed by atoms with Gasteiger partial charge in [0.05, 0.1) is 19.1 Å². The molecule has 5 heteroatoms. The molecular weight excluding hydrogens is 318 g/mol. The quantitative estimate of drug-likeness (QED) is 0.848. The van der Waals surface area contributed by atoms with Gasteiger partial charge in [-0.2, -0.15) is 0 Å². The summed E-state index contributed by atoms with van der Waals surface area (Å²) in [6, 6.07) is 16.2. The second kappa shape index (κ2) is 7.94. The molecule has 1 amide bonds. The van der Waals surface area contributed by atoms with E-state index in [1.165, 1.54) is 5.56 Å². The fraction of sp³-hybridized carbons (Fsp3) is 0.300. The lowest BCUT2D eigenvalue weighted by Gasteiger charge is -2.26. The van der Waals surface area contributed by atoms with Crippen molar-refractivity contribution in [2.45, 2.75) is 31.4 Å². The third-order valence-corrected chi connectivity index (χ3v) is 4.38. The summed E-state index contributed by atoms with van der Waals surface area (Å²) >= 11 is 0. The average Bonchev–Trinajstić information content (AvgIpc) is 2.62. The van der Waals surface area contributed by atoms with Crippen molar-refractivity contribution in [3.05, 3.63) is 71.3 Å². The second-order valence-corrected chi connectivity index (χ2v) is 6.16. The molecule has 0 spiro atoms. The van der Waals surface area contributed by atoms with Crippen LogP contribution in [-0.4, -0.2) is 29.6 Å². The Morgan fingerprint density at radius 1 is 1.12 bits per heavy atom. The van der Waals surface area contributed by atoms with Gasteiger partial charge in [0.1, 0.15) is 6.04 Å². The van der Waals surface area contributed by atoms with E-state index in [2.05, 4.69) is 5.32 Å². The number of hydrogen-bond acceptors (Lipinski definition) is 3. The van der Waals surface area contributed by atoms with Crippen molar-refractivity contribution in [3.8, 4) is 0 Å². The van der Waals surface area contributed by atoms with Gasteiger partial charge in [0, 0.05) is 6.42 Å². The van der Waals surface area contributed by atoms with Crippen molar-refractivity contribution in [2.24, 2.45) is 0 Å². The zero-order valence-corrected chi connectivity index (χ0v) is 13.9. The normalized spacial score (nSPS) is 17.4. The lowest BCUT2D eigenvalue weighted by atomic mass is 9.95. The number of nitrogens with one attached hydrogen (secondary N) is 1. The molecule has 0 radical (unpaired) electrons. The molecule has 2 aromatic rings. The number of amides is 1. The Balaban J connectivity index is 1.64. The highest BCUT2D eigenvalue weighted by molar-refractivity contribution is 5.84. The summed E-state index contributed by atoms with van der Waals surface area (Å²) in [5.74, 6) is -1.35. The Labute approximate surface area is 146 Å². The minimum absolute atomic E-state index is 0.121. The number of carboxylic acid groups (broad SMARTS) is 1. The molecule has 1 aliphatic rings. The van der Waals surface area contributed by atoms with Crippen LogP contribution in [0.1, 0.15) is 29.2 Å². The fourth-order valence-corrected chi connectivity index (χ4v) is 3.12. The third kappa shape index (κ3) is 4.45. The zero-order valence-electron chi connectivity index (χ0n) is 13.9. The first-order valence-electron chi connectivity index (χ1n) is 8.39. The largest absolute Gasteiger partial charge is 0.480 e. The summed E-state index contributed by atoms with van der Waals surface area (Å²) in [7, 11) is 0. The topological polar surface area (TPSA) is 75.6 Å². The first kappa shape index (κ1) is 17.2. The van der Waals surface area contributed by atoms with Gasteiger partial charge < -0.3 is 15.2 Å². The summed E-state index contributed by atoms with van der Waals surface area (Å²) in [4.78, 5) is 23.9. The molecule has 0 aliphatic carbocycles. The van der Waals surface area contributed by atoms with Crippen molar-refractivity contribution in [3.63, 3.8) is 0 Å². The maximum atomic E-state index is 12.4. The van der Waals surface area contributed by atoms with Crippen LogP contribution < -0.4 is 5.32 Å². The highest BCUT2D eigenvalue weighted by atomic mass is 16.5.